The van der Waals surface area contributed by atoms with Crippen LogP contribution in [-0.4, -0.2) is 119 Å². The van der Waals surface area contributed by atoms with Gasteiger partial charge >= 0.3 is 5.97 Å². The van der Waals surface area contributed by atoms with Crippen LogP contribution in [0, 0.1) is 17.8 Å². The molecule has 4 aliphatic rings. The number of esters is 1. The van der Waals surface area contributed by atoms with Gasteiger partial charge in [-0.25, -0.2) is 0 Å². The molecule has 40 heavy (non-hydrogen) atoms. The highest BCUT2D eigenvalue weighted by Gasteiger charge is 2.77. The summed E-state index contributed by atoms with van der Waals surface area (Å²) in [5.74, 6) is -1.79. The van der Waals surface area contributed by atoms with Crippen molar-refractivity contribution < 1.29 is 29.0 Å². The number of ether oxygens (including phenoxy) is 2. The fourth-order valence-electron chi connectivity index (χ4n) is 7.18. The zero-order valence-corrected chi connectivity index (χ0v) is 25.0. The quantitative estimate of drug-likeness (QED) is 0.180. The van der Waals surface area contributed by atoms with Gasteiger partial charge in [-0.05, 0) is 38.0 Å². The number of aliphatic hydroxyl groups is 1. The van der Waals surface area contributed by atoms with Crippen LogP contribution in [0.5, 0.6) is 0 Å². The predicted molar refractivity (Wildman–Crippen MR) is 156 cm³/mol. The third kappa shape index (κ3) is 5.74. The minimum atomic E-state index is -0.748. The van der Waals surface area contributed by atoms with Gasteiger partial charge in [0, 0.05) is 38.0 Å². The lowest BCUT2D eigenvalue weighted by Crippen LogP contribution is -2.59. The standard InChI is InChI=1S/C30H47N3O6S/c1-5-8-9-10-16-39-29(37)24-23-19-21(4)30(40-23)25(24)27(35)33(22(7-3)20-34)26(30)28(36)32(11-6-2)13-12-31-14-17-38-18-15-31/h5-6,21-26,34H,1-2,7-20H2,3-4H3/t21?,22-,23+,24-,25-,26?,30?/m0/s1. The van der Waals surface area contributed by atoms with Gasteiger partial charge in [0.2, 0.25) is 11.8 Å². The van der Waals surface area contributed by atoms with Crippen LogP contribution in [0.25, 0.3) is 0 Å². The Morgan fingerprint density at radius 2 is 2.02 bits per heavy atom. The molecule has 0 saturated carbocycles. The van der Waals surface area contributed by atoms with Gasteiger partial charge in [-0.1, -0.05) is 26.0 Å². The number of aliphatic hydroxyl groups excluding tert-OH is 1. The van der Waals surface area contributed by atoms with Gasteiger partial charge in [-0.3, -0.25) is 19.3 Å². The van der Waals surface area contributed by atoms with Crippen LogP contribution >= 0.6 is 11.8 Å². The third-order valence-electron chi connectivity index (χ3n) is 9.26. The molecule has 2 bridgehead atoms. The van der Waals surface area contributed by atoms with Crippen molar-refractivity contribution in [1.82, 2.24) is 14.7 Å². The Balaban J connectivity index is 1.62. The first-order valence-electron chi connectivity index (χ1n) is 14.9. The zero-order chi connectivity index (χ0) is 28.9. The molecule has 4 aliphatic heterocycles. The number of hydrogen-bond donors (Lipinski definition) is 1. The average molecular weight is 578 g/mol. The maximum absolute atomic E-state index is 14.5. The highest BCUT2D eigenvalue weighted by Crippen LogP contribution is 2.69. The van der Waals surface area contributed by atoms with Crippen LogP contribution < -0.4 is 0 Å². The van der Waals surface area contributed by atoms with E-state index in [1.807, 2.05) is 13.0 Å². The summed E-state index contributed by atoms with van der Waals surface area (Å²) in [6, 6.07) is -1.24. The summed E-state index contributed by atoms with van der Waals surface area (Å²) in [6.45, 7) is 16.4. The highest BCUT2D eigenvalue weighted by atomic mass is 32.2. The Morgan fingerprint density at radius 3 is 2.67 bits per heavy atom. The van der Waals surface area contributed by atoms with Crippen LogP contribution in [0.3, 0.4) is 0 Å². The Labute approximate surface area is 243 Å². The van der Waals surface area contributed by atoms with Crippen molar-refractivity contribution in [3.05, 3.63) is 25.3 Å². The van der Waals surface area contributed by atoms with Crippen molar-refractivity contribution in [1.29, 1.82) is 0 Å². The predicted octanol–water partition coefficient (Wildman–Crippen LogP) is 2.34. The summed E-state index contributed by atoms with van der Waals surface area (Å²) in [6.07, 6.45) is 7.37. The number of hydrogen-bond acceptors (Lipinski definition) is 8. The first-order chi connectivity index (χ1) is 19.3. The van der Waals surface area contributed by atoms with E-state index >= 15 is 0 Å². The Morgan fingerprint density at radius 1 is 1.27 bits per heavy atom. The normalized spacial score (nSPS) is 32.1. The first kappa shape index (κ1) is 31.1. The van der Waals surface area contributed by atoms with Crippen molar-refractivity contribution in [2.75, 3.05) is 59.2 Å². The molecule has 7 atom stereocenters. The van der Waals surface area contributed by atoms with E-state index in [0.29, 0.717) is 45.9 Å². The molecular weight excluding hydrogens is 530 g/mol. The molecule has 1 spiro atoms. The van der Waals surface area contributed by atoms with Gasteiger partial charge in [0.1, 0.15) is 6.04 Å². The van der Waals surface area contributed by atoms with E-state index in [0.717, 1.165) is 38.8 Å². The van der Waals surface area contributed by atoms with E-state index in [4.69, 9.17) is 9.47 Å². The van der Waals surface area contributed by atoms with E-state index in [1.54, 1.807) is 27.6 Å². The summed E-state index contributed by atoms with van der Waals surface area (Å²) in [5, 5.41) is 10.3. The van der Waals surface area contributed by atoms with Crippen molar-refractivity contribution in [2.24, 2.45) is 17.8 Å². The molecule has 0 aromatic carbocycles. The molecule has 0 aromatic heterocycles. The molecule has 4 fully saturated rings. The average Bonchev–Trinajstić information content (AvgIpc) is 3.55. The van der Waals surface area contributed by atoms with Crippen molar-refractivity contribution in [3.8, 4) is 0 Å². The van der Waals surface area contributed by atoms with Gasteiger partial charge in [0.05, 0.1) is 49.1 Å². The van der Waals surface area contributed by atoms with E-state index < -0.39 is 28.7 Å². The van der Waals surface area contributed by atoms with Crippen LogP contribution in [-0.2, 0) is 23.9 Å². The number of morpholine rings is 1. The summed E-state index contributed by atoms with van der Waals surface area (Å²) >= 11 is 1.65. The second-order valence-electron chi connectivity index (χ2n) is 11.5. The highest BCUT2D eigenvalue weighted by molar-refractivity contribution is 8.02. The largest absolute Gasteiger partial charge is 0.465 e. The number of thioether (sulfide) groups is 1. The zero-order valence-electron chi connectivity index (χ0n) is 24.2. The number of allylic oxidation sites excluding steroid dienone is 1. The topological polar surface area (TPSA) is 99.6 Å². The maximum Gasteiger partial charge on any atom is 0.310 e. The van der Waals surface area contributed by atoms with Gasteiger partial charge < -0.3 is 24.4 Å². The molecule has 0 aliphatic carbocycles. The lowest BCUT2D eigenvalue weighted by atomic mass is 9.66. The molecule has 4 rings (SSSR count). The lowest BCUT2D eigenvalue weighted by Gasteiger charge is -2.42. The number of carbonyl (C=O) groups is 3. The summed E-state index contributed by atoms with van der Waals surface area (Å²) in [4.78, 5) is 48.0. The molecular formula is C30H47N3O6S. The third-order valence-corrected chi connectivity index (χ3v) is 11.3. The molecule has 1 N–H and O–H groups in total. The Hall–Kier alpha value is -1.88. The number of carbonyl (C=O) groups excluding carboxylic acids is 3. The summed E-state index contributed by atoms with van der Waals surface area (Å²) < 4.78 is 10.5. The minimum absolute atomic E-state index is 0.0579. The molecule has 4 heterocycles. The Bertz CT molecular complexity index is 938. The number of unbranched alkanes of at least 4 members (excludes halogenated alkanes) is 2. The molecule has 10 heteroatoms. The summed E-state index contributed by atoms with van der Waals surface area (Å²) in [5.41, 5.74) is 0. The lowest BCUT2D eigenvalue weighted by molar-refractivity contribution is -0.155. The number of nitrogens with zero attached hydrogens (tertiary/aromatic N) is 3. The number of fused-ring (bicyclic) bond motifs is 1. The van der Waals surface area contributed by atoms with Crippen LogP contribution in [0.4, 0.5) is 0 Å². The molecule has 0 radical (unpaired) electrons. The molecule has 0 aromatic rings. The Kier molecular flexibility index (Phi) is 10.8. The molecule has 3 unspecified atom stereocenters. The molecule has 9 nitrogen and oxygen atoms in total. The molecule has 224 valence electrons. The van der Waals surface area contributed by atoms with E-state index in [1.165, 1.54) is 0 Å². The van der Waals surface area contributed by atoms with E-state index in [9.17, 15) is 19.5 Å². The maximum atomic E-state index is 14.5. The van der Waals surface area contributed by atoms with E-state index in [2.05, 4.69) is 25.0 Å². The number of likely N-dealkylation sites (tertiary alicyclic amines) is 1. The fraction of sp³-hybridized carbons (Fsp3) is 0.767. The number of amides is 2. The van der Waals surface area contributed by atoms with Gasteiger partial charge in [-0.2, -0.15) is 0 Å². The molecule has 4 saturated heterocycles. The second kappa shape index (κ2) is 13.9. The van der Waals surface area contributed by atoms with Gasteiger partial charge in [0.25, 0.3) is 0 Å². The monoisotopic (exact) mass is 577 g/mol. The van der Waals surface area contributed by atoms with Crippen molar-refractivity contribution >= 4 is 29.5 Å². The van der Waals surface area contributed by atoms with E-state index in [-0.39, 0.29) is 35.6 Å². The van der Waals surface area contributed by atoms with Crippen LogP contribution in [0.2, 0.25) is 0 Å². The first-order valence-corrected chi connectivity index (χ1v) is 15.8. The van der Waals surface area contributed by atoms with Gasteiger partial charge in [0.15, 0.2) is 0 Å². The number of rotatable bonds is 15. The van der Waals surface area contributed by atoms with Crippen LogP contribution in [0.1, 0.15) is 46.0 Å². The smallest absolute Gasteiger partial charge is 0.310 e. The molecule has 2 amide bonds. The SMILES string of the molecule is C=CCCCCOC(=O)[C@@H]1[C@H]2C(=O)N([C@@H](CC)CO)C(C(=O)N(CC=C)CCN3CCOCC3)C23S[C@@H]1CC3C. The fourth-order valence-corrected chi connectivity index (χ4v) is 9.57. The van der Waals surface area contributed by atoms with Gasteiger partial charge in [-0.15, -0.1) is 24.9 Å². The van der Waals surface area contributed by atoms with Crippen molar-refractivity contribution in [3.63, 3.8) is 0 Å². The van der Waals surface area contributed by atoms with Crippen LogP contribution in [0.15, 0.2) is 25.3 Å². The minimum Gasteiger partial charge on any atom is -0.465 e. The van der Waals surface area contributed by atoms with Crippen molar-refractivity contribution in [2.45, 2.75) is 68.0 Å². The second-order valence-corrected chi connectivity index (χ2v) is 13.1. The summed E-state index contributed by atoms with van der Waals surface area (Å²) in [7, 11) is 0.